The third kappa shape index (κ3) is 9.48. The fourth-order valence-corrected chi connectivity index (χ4v) is 2.17. The second-order valence-electron chi connectivity index (χ2n) is 5.19. The predicted molar refractivity (Wildman–Crippen MR) is 108 cm³/mol. The molecule has 0 saturated carbocycles. The summed E-state index contributed by atoms with van der Waals surface area (Å²) in [4.78, 5) is 6.75. The van der Waals surface area contributed by atoms with E-state index in [-0.39, 0.29) is 24.0 Å². The average Bonchev–Trinajstić information content (AvgIpc) is 2.45. The standard InChI is InChI=1S/C16H27ClN4.HI/c1-4-18-16(19-11-7-13-21(2)3)20-12-10-14-8-5-6-9-15(14)17;/h5-6,8-9H,4,7,10-13H2,1-3H3,(H2,18,19,20);1H. The Kier molecular flexibility index (Phi) is 12.6. The van der Waals surface area contributed by atoms with Crippen LogP contribution in [0.1, 0.15) is 18.9 Å². The van der Waals surface area contributed by atoms with Crippen molar-refractivity contribution in [3.05, 3.63) is 34.9 Å². The van der Waals surface area contributed by atoms with Gasteiger partial charge in [-0.15, -0.1) is 24.0 Å². The first-order valence-corrected chi connectivity index (χ1v) is 7.91. The summed E-state index contributed by atoms with van der Waals surface area (Å²) in [6.07, 6.45) is 1.95. The molecule has 22 heavy (non-hydrogen) atoms. The van der Waals surface area contributed by atoms with Crippen LogP contribution in [0.2, 0.25) is 5.02 Å². The predicted octanol–water partition coefficient (Wildman–Crippen LogP) is 3.01. The minimum absolute atomic E-state index is 0. The normalized spacial score (nSPS) is 11.2. The van der Waals surface area contributed by atoms with Gasteiger partial charge in [-0.05, 0) is 52.0 Å². The summed E-state index contributed by atoms with van der Waals surface area (Å²) < 4.78 is 0. The molecule has 0 fully saturated rings. The summed E-state index contributed by atoms with van der Waals surface area (Å²) in [5, 5.41) is 7.44. The van der Waals surface area contributed by atoms with Gasteiger partial charge in [-0.25, -0.2) is 0 Å². The van der Waals surface area contributed by atoms with Gasteiger partial charge in [0.05, 0.1) is 0 Å². The molecular weight excluding hydrogens is 411 g/mol. The van der Waals surface area contributed by atoms with Gasteiger partial charge in [0.15, 0.2) is 5.96 Å². The number of benzene rings is 1. The Morgan fingerprint density at radius 2 is 1.95 bits per heavy atom. The summed E-state index contributed by atoms with van der Waals surface area (Å²) >= 11 is 6.15. The SMILES string of the molecule is CCNC(=NCCCN(C)C)NCCc1ccccc1Cl.I. The maximum atomic E-state index is 6.15. The van der Waals surface area contributed by atoms with Crippen LogP contribution < -0.4 is 10.6 Å². The Morgan fingerprint density at radius 3 is 2.59 bits per heavy atom. The lowest BCUT2D eigenvalue weighted by atomic mass is 10.1. The van der Waals surface area contributed by atoms with Gasteiger partial charge in [0, 0.05) is 24.7 Å². The van der Waals surface area contributed by atoms with Crippen molar-refractivity contribution in [1.29, 1.82) is 0 Å². The maximum absolute atomic E-state index is 6.15. The number of nitrogens with one attached hydrogen (secondary N) is 2. The monoisotopic (exact) mass is 438 g/mol. The quantitative estimate of drug-likeness (QED) is 0.284. The van der Waals surface area contributed by atoms with Crippen LogP contribution in [0.5, 0.6) is 0 Å². The third-order valence-corrected chi connectivity index (χ3v) is 3.39. The average molecular weight is 439 g/mol. The fraction of sp³-hybridized carbons (Fsp3) is 0.562. The highest BCUT2D eigenvalue weighted by Crippen LogP contribution is 2.14. The molecule has 2 N–H and O–H groups in total. The van der Waals surface area contributed by atoms with E-state index in [0.29, 0.717) is 0 Å². The number of guanidine groups is 1. The Bertz CT molecular complexity index is 438. The second-order valence-corrected chi connectivity index (χ2v) is 5.59. The molecule has 4 nitrogen and oxygen atoms in total. The minimum Gasteiger partial charge on any atom is -0.357 e. The number of rotatable bonds is 8. The summed E-state index contributed by atoms with van der Waals surface area (Å²) in [6.45, 7) is 5.65. The molecule has 0 unspecified atom stereocenters. The van der Waals surface area contributed by atoms with Gasteiger partial charge in [-0.3, -0.25) is 4.99 Å². The van der Waals surface area contributed by atoms with Gasteiger partial charge in [0.25, 0.3) is 0 Å². The highest BCUT2D eigenvalue weighted by atomic mass is 127. The molecular formula is C16H28ClIN4. The van der Waals surface area contributed by atoms with Crippen molar-refractivity contribution in [2.45, 2.75) is 19.8 Å². The molecule has 1 rings (SSSR count). The third-order valence-electron chi connectivity index (χ3n) is 3.02. The zero-order valence-electron chi connectivity index (χ0n) is 13.7. The van der Waals surface area contributed by atoms with Crippen LogP contribution in [0.3, 0.4) is 0 Å². The minimum atomic E-state index is 0. The first kappa shape index (κ1) is 21.5. The van der Waals surface area contributed by atoms with Gasteiger partial charge in [-0.2, -0.15) is 0 Å². The van der Waals surface area contributed by atoms with Crippen molar-refractivity contribution in [3.63, 3.8) is 0 Å². The Labute approximate surface area is 156 Å². The molecule has 0 spiro atoms. The van der Waals surface area contributed by atoms with Crippen molar-refractivity contribution in [3.8, 4) is 0 Å². The van der Waals surface area contributed by atoms with Gasteiger partial charge in [-0.1, -0.05) is 29.8 Å². The molecule has 0 aliphatic heterocycles. The molecule has 0 radical (unpaired) electrons. The number of halogens is 2. The van der Waals surface area contributed by atoms with Gasteiger partial charge in [0.2, 0.25) is 0 Å². The first-order chi connectivity index (χ1) is 10.1. The lowest BCUT2D eigenvalue weighted by Crippen LogP contribution is -2.38. The molecule has 0 heterocycles. The molecule has 0 amide bonds. The number of hydrogen-bond donors (Lipinski definition) is 2. The molecule has 126 valence electrons. The van der Waals surface area contributed by atoms with Crippen LogP contribution >= 0.6 is 35.6 Å². The highest BCUT2D eigenvalue weighted by Gasteiger charge is 2.00. The van der Waals surface area contributed by atoms with E-state index >= 15 is 0 Å². The number of nitrogens with zero attached hydrogens (tertiary/aromatic N) is 2. The lowest BCUT2D eigenvalue weighted by molar-refractivity contribution is 0.403. The molecule has 0 bridgehead atoms. The topological polar surface area (TPSA) is 39.7 Å². The van der Waals surface area contributed by atoms with Crippen LogP contribution in [-0.2, 0) is 6.42 Å². The van der Waals surface area contributed by atoms with E-state index in [4.69, 9.17) is 11.6 Å². The summed E-state index contributed by atoms with van der Waals surface area (Å²) in [7, 11) is 4.16. The van der Waals surface area contributed by atoms with Crippen LogP contribution in [0.25, 0.3) is 0 Å². The first-order valence-electron chi connectivity index (χ1n) is 7.53. The van der Waals surface area contributed by atoms with E-state index in [2.05, 4.69) is 47.6 Å². The van der Waals surface area contributed by atoms with Gasteiger partial charge in [0.1, 0.15) is 0 Å². The highest BCUT2D eigenvalue weighted by molar-refractivity contribution is 14.0. The van der Waals surface area contributed by atoms with Crippen LogP contribution in [0.15, 0.2) is 29.3 Å². The van der Waals surface area contributed by atoms with E-state index in [9.17, 15) is 0 Å². The van der Waals surface area contributed by atoms with Crippen LogP contribution in [0.4, 0.5) is 0 Å². The zero-order chi connectivity index (χ0) is 15.5. The summed E-state index contributed by atoms with van der Waals surface area (Å²) in [5.74, 6) is 0.878. The van der Waals surface area contributed by atoms with Crippen molar-refractivity contribution in [2.75, 3.05) is 40.3 Å². The smallest absolute Gasteiger partial charge is 0.191 e. The van der Waals surface area contributed by atoms with E-state index in [0.717, 1.165) is 55.6 Å². The van der Waals surface area contributed by atoms with E-state index in [1.807, 2.05) is 18.2 Å². The summed E-state index contributed by atoms with van der Waals surface area (Å²) in [6, 6.07) is 7.96. The van der Waals surface area contributed by atoms with Crippen molar-refractivity contribution in [1.82, 2.24) is 15.5 Å². The Morgan fingerprint density at radius 1 is 1.23 bits per heavy atom. The molecule has 6 heteroatoms. The molecule has 0 aromatic heterocycles. The van der Waals surface area contributed by atoms with Gasteiger partial charge >= 0.3 is 0 Å². The molecule has 0 aliphatic carbocycles. The molecule has 0 atom stereocenters. The molecule has 0 aliphatic rings. The molecule has 1 aromatic rings. The second kappa shape index (κ2) is 13.0. The number of hydrogen-bond acceptors (Lipinski definition) is 2. The molecule has 1 aromatic carbocycles. The van der Waals surface area contributed by atoms with E-state index < -0.39 is 0 Å². The Balaban J connectivity index is 0.00000441. The van der Waals surface area contributed by atoms with Crippen LogP contribution in [0, 0.1) is 0 Å². The largest absolute Gasteiger partial charge is 0.357 e. The summed E-state index contributed by atoms with van der Waals surface area (Å²) in [5.41, 5.74) is 1.16. The fourth-order valence-electron chi connectivity index (χ4n) is 1.94. The van der Waals surface area contributed by atoms with Crippen LogP contribution in [-0.4, -0.2) is 51.1 Å². The maximum Gasteiger partial charge on any atom is 0.191 e. The van der Waals surface area contributed by atoms with E-state index in [1.54, 1.807) is 0 Å². The number of aliphatic imine (C=N–C) groups is 1. The lowest BCUT2D eigenvalue weighted by Gasteiger charge is -2.12. The van der Waals surface area contributed by atoms with Gasteiger partial charge < -0.3 is 15.5 Å². The van der Waals surface area contributed by atoms with Crippen molar-refractivity contribution >= 4 is 41.5 Å². The Hall–Kier alpha value is -0.530. The van der Waals surface area contributed by atoms with Crippen molar-refractivity contribution in [2.24, 2.45) is 4.99 Å². The van der Waals surface area contributed by atoms with Crippen molar-refractivity contribution < 1.29 is 0 Å². The van der Waals surface area contributed by atoms with E-state index in [1.165, 1.54) is 0 Å². The molecule has 0 saturated heterocycles. The zero-order valence-corrected chi connectivity index (χ0v) is 16.8.